The van der Waals surface area contributed by atoms with E-state index >= 15 is 0 Å². The van der Waals surface area contributed by atoms with Crippen LogP contribution in [0.5, 0.6) is 11.5 Å². The van der Waals surface area contributed by atoms with Gasteiger partial charge < -0.3 is 14.8 Å². The fourth-order valence-electron chi connectivity index (χ4n) is 2.35. The van der Waals surface area contributed by atoms with Gasteiger partial charge in [0.05, 0.1) is 7.11 Å². The maximum Gasteiger partial charge on any atom is 0.161 e. The van der Waals surface area contributed by atoms with Gasteiger partial charge in [0, 0.05) is 6.04 Å². The Morgan fingerprint density at radius 1 is 1.26 bits per heavy atom. The first kappa shape index (κ1) is 14.2. The average molecular weight is 263 g/mol. The Kier molecular flexibility index (Phi) is 5.08. The van der Waals surface area contributed by atoms with Crippen molar-refractivity contribution >= 4 is 0 Å². The Hall–Kier alpha value is -1.22. The van der Waals surface area contributed by atoms with E-state index in [-0.39, 0.29) is 0 Å². The van der Waals surface area contributed by atoms with Gasteiger partial charge in [-0.05, 0) is 49.4 Å². The Bertz CT molecular complexity index is 402. The van der Waals surface area contributed by atoms with E-state index in [4.69, 9.17) is 9.47 Å². The molecule has 1 N–H and O–H groups in total. The highest BCUT2D eigenvalue weighted by Gasteiger charge is 2.31. The predicted molar refractivity (Wildman–Crippen MR) is 78.1 cm³/mol. The van der Waals surface area contributed by atoms with Crippen LogP contribution in [-0.2, 0) is 6.42 Å². The molecule has 19 heavy (non-hydrogen) atoms. The molecule has 1 aromatic carbocycles. The molecule has 0 heterocycles. The van der Waals surface area contributed by atoms with E-state index < -0.39 is 0 Å². The summed E-state index contributed by atoms with van der Waals surface area (Å²) in [6.07, 6.45) is 3.67. The molecule has 1 saturated carbocycles. The largest absolute Gasteiger partial charge is 0.493 e. The van der Waals surface area contributed by atoms with Crippen LogP contribution < -0.4 is 14.8 Å². The number of hydrogen-bond donors (Lipinski definition) is 1. The van der Waals surface area contributed by atoms with Gasteiger partial charge in [0.25, 0.3) is 0 Å². The van der Waals surface area contributed by atoms with Crippen molar-refractivity contribution in [2.45, 2.75) is 39.2 Å². The minimum absolute atomic E-state index is 0.473. The molecule has 1 unspecified atom stereocenters. The van der Waals surface area contributed by atoms with E-state index in [1.807, 2.05) is 6.07 Å². The van der Waals surface area contributed by atoms with E-state index in [1.165, 1.54) is 18.4 Å². The number of nitrogens with one attached hydrogen (secondary N) is 1. The van der Waals surface area contributed by atoms with Crippen LogP contribution in [0, 0.1) is 5.92 Å². The molecule has 3 nitrogen and oxygen atoms in total. The lowest BCUT2D eigenvalue weighted by Gasteiger charge is -2.19. The van der Waals surface area contributed by atoms with Crippen LogP contribution in [0.25, 0.3) is 0 Å². The second-order valence-electron chi connectivity index (χ2n) is 5.15. The van der Waals surface area contributed by atoms with Crippen molar-refractivity contribution in [2.24, 2.45) is 5.92 Å². The first-order valence-electron chi connectivity index (χ1n) is 7.31. The summed E-state index contributed by atoms with van der Waals surface area (Å²) in [7, 11) is 1.70. The standard InChI is InChI=1S/C16H25NO2/c1-4-12-6-9-15(16(10-12)18-3)19-11-14(17-5-2)13-7-8-13/h6,9-10,13-14,17H,4-5,7-8,11H2,1-3H3. The third-order valence-electron chi connectivity index (χ3n) is 3.71. The van der Waals surface area contributed by atoms with Crippen LogP contribution in [-0.4, -0.2) is 26.3 Å². The lowest BCUT2D eigenvalue weighted by molar-refractivity contribution is 0.240. The molecule has 1 atom stereocenters. The summed E-state index contributed by atoms with van der Waals surface area (Å²) in [6.45, 7) is 6.01. The van der Waals surface area contributed by atoms with E-state index in [0.29, 0.717) is 6.04 Å². The van der Waals surface area contributed by atoms with Gasteiger partial charge in [0.1, 0.15) is 6.61 Å². The Balaban J connectivity index is 1.97. The molecule has 1 aliphatic rings. The quantitative estimate of drug-likeness (QED) is 0.782. The first-order chi connectivity index (χ1) is 9.28. The number of ether oxygens (including phenoxy) is 2. The fraction of sp³-hybridized carbons (Fsp3) is 0.625. The molecule has 0 amide bonds. The molecular weight excluding hydrogens is 238 g/mol. The second-order valence-corrected chi connectivity index (χ2v) is 5.15. The van der Waals surface area contributed by atoms with Crippen molar-refractivity contribution < 1.29 is 9.47 Å². The highest BCUT2D eigenvalue weighted by Crippen LogP contribution is 2.34. The zero-order chi connectivity index (χ0) is 13.7. The van der Waals surface area contributed by atoms with Crippen LogP contribution >= 0.6 is 0 Å². The minimum Gasteiger partial charge on any atom is -0.493 e. The van der Waals surface area contributed by atoms with E-state index in [2.05, 4.69) is 31.3 Å². The zero-order valence-corrected chi connectivity index (χ0v) is 12.2. The Morgan fingerprint density at radius 2 is 2.05 bits per heavy atom. The summed E-state index contributed by atoms with van der Waals surface area (Å²) in [5, 5.41) is 3.51. The van der Waals surface area contributed by atoms with Gasteiger partial charge in [0.2, 0.25) is 0 Å². The van der Waals surface area contributed by atoms with Crippen LogP contribution in [0.15, 0.2) is 18.2 Å². The summed E-state index contributed by atoms with van der Waals surface area (Å²) >= 11 is 0. The van der Waals surface area contributed by atoms with Gasteiger partial charge in [-0.3, -0.25) is 0 Å². The summed E-state index contributed by atoms with van der Waals surface area (Å²) in [6, 6.07) is 6.67. The Morgan fingerprint density at radius 3 is 2.63 bits per heavy atom. The molecule has 0 bridgehead atoms. The molecule has 1 fully saturated rings. The third kappa shape index (κ3) is 3.87. The molecule has 106 valence electrons. The topological polar surface area (TPSA) is 30.5 Å². The number of methoxy groups -OCH3 is 1. The highest BCUT2D eigenvalue weighted by atomic mass is 16.5. The zero-order valence-electron chi connectivity index (χ0n) is 12.2. The number of hydrogen-bond acceptors (Lipinski definition) is 3. The van der Waals surface area contributed by atoms with Gasteiger partial charge >= 0.3 is 0 Å². The summed E-state index contributed by atoms with van der Waals surface area (Å²) in [5.74, 6) is 2.48. The van der Waals surface area contributed by atoms with Gasteiger partial charge in [-0.25, -0.2) is 0 Å². The normalized spacial score (nSPS) is 16.2. The van der Waals surface area contributed by atoms with Crippen molar-refractivity contribution in [3.8, 4) is 11.5 Å². The molecule has 3 heteroatoms. The molecule has 1 aliphatic carbocycles. The van der Waals surface area contributed by atoms with E-state index in [9.17, 15) is 0 Å². The molecule has 0 radical (unpaired) electrons. The smallest absolute Gasteiger partial charge is 0.161 e. The molecule has 2 rings (SSSR count). The molecule has 0 aromatic heterocycles. The van der Waals surface area contributed by atoms with Gasteiger partial charge in [-0.15, -0.1) is 0 Å². The monoisotopic (exact) mass is 263 g/mol. The number of rotatable bonds is 8. The second kappa shape index (κ2) is 6.80. The van der Waals surface area contributed by atoms with Crippen LogP contribution in [0.4, 0.5) is 0 Å². The van der Waals surface area contributed by atoms with Crippen molar-refractivity contribution in [3.05, 3.63) is 23.8 Å². The maximum atomic E-state index is 5.96. The van der Waals surface area contributed by atoms with Gasteiger partial charge in [-0.1, -0.05) is 19.9 Å². The van der Waals surface area contributed by atoms with Gasteiger partial charge in [-0.2, -0.15) is 0 Å². The predicted octanol–water partition coefficient (Wildman–Crippen LogP) is 3.02. The average Bonchev–Trinajstić information content (AvgIpc) is 3.27. The number of benzene rings is 1. The fourth-order valence-corrected chi connectivity index (χ4v) is 2.35. The van der Waals surface area contributed by atoms with Crippen molar-refractivity contribution in [3.63, 3.8) is 0 Å². The highest BCUT2D eigenvalue weighted by molar-refractivity contribution is 5.43. The Labute approximate surface area is 116 Å². The van der Waals surface area contributed by atoms with E-state index in [0.717, 1.165) is 37.0 Å². The van der Waals surface area contributed by atoms with Crippen LogP contribution in [0.1, 0.15) is 32.3 Å². The van der Waals surface area contributed by atoms with Crippen LogP contribution in [0.3, 0.4) is 0 Å². The summed E-state index contributed by atoms with van der Waals surface area (Å²) < 4.78 is 11.4. The molecular formula is C16H25NO2. The lowest BCUT2D eigenvalue weighted by Crippen LogP contribution is -2.36. The van der Waals surface area contributed by atoms with Crippen LogP contribution in [0.2, 0.25) is 0 Å². The lowest BCUT2D eigenvalue weighted by atomic mass is 10.1. The maximum absolute atomic E-state index is 5.96. The summed E-state index contributed by atoms with van der Waals surface area (Å²) in [5.41, 5.74) is 1.27. The molecule has 1 aromatic rings. The number of aryl methyl sites for hydroxylation is 1. The van der Waals surface area contributed by atoms with Crippen molar-refractivity contribution in [1.82, 2.24) is 5.32 Å². The molecule has 0 spiro atoms. The molecule has 0 saturated heterocycles. The third-order valence-corrected chi connectivity index (χ3v) is 3.71. The summed E-state index contributed by atoms with van der Waals surface area (Å²) in [4.78, 5) is 0. The van der Waals surface area contributed by atoms with E-state index in [1.54, 1.807) is 7.11 Å². The SMILES string of the molecule is CCNC(COc1ccc(CC)cc1OC)C1CC1. The first-order valence-corrected chi connectivity index (χ1v) is 7.31. The molecule has 0 aliphatic heterocycles. The van der Waals surface area contributed by atoms with Crippen molar-refractivity contribution in [1.29, 1.82) is 0 Å². The van der Waals surface area contributed by atoms with Crippen molar-refractivity contribution in [2.75, 3.05) is 20.3 Å². The minimum atomic E-state index is 0.473. The van der Waals surface area contributed by atoms with Gasteiger partial charge in [0.15, 0.2) is 11.5 Å². The number of likely N-dealkylation sites (N-methyl/N-ethyl adjacent to an activating group) is 1.